The van der Waals surface area contributed by atoms with Crippen molar-refractivity contribution in [2.24, 2.45) is 0 Å². The molecule has 3 nitrogen and oxygen atoms in total. The van der Waals surface area contributed by atoms with Crippen LogP contribution < -0.4 is 0 Å². The molecule has 1 aliphatic carbocycles. The predicted octanol–water partition coefficient (Wildman–Crippen LogP) is 3.98. The first-order valence-corrected chi connectivity index (χ1v) is 6.97. The number of halogens is 2. The predicted molar refractivity (Wildman–Crippen MR) is 77.2 cm³/mol. The highest BCUT2D eigenvalue weighted by atomic mass is 35.5. The molecular formula is C14H15Cl2NO2. The van der Waals surface area contributed by atoms with Gasteiger partial charge in [-0.2, -0.15) is 0 Å². The highest BCUT2D eigenvalue weighted by Gasteiger charge is 2.32. The molecule has 19 heavy (non-hydrogen) atoms. The zero-order valence-electron chi connectivity index (χ0n) is 10.4. The lowest BCUT2D eigenvalue weighted by Gasteiger charge is -2.04. The standard InChI is InChI=1S/C14H15Cl2NO2/c1-2-3-4-12(16)10(7-15)13-11(8-18)14(19-17-13)9-5-6-9/h2-4,9,18H,1,5-8H2. The molecule has 0 aliphatic heterocycles. The molecule has 1 aromatic rings. The lowest BCUT2D eigenvalue weighted by molar-refractivity contribution is 0.277. The van der Waals surface area contributed by atoms with Crippen LogP contribution in [-0.2, 0) is 6.61 Å². The third-order valence-electron chi connectivity index (χ3n) is 3.01. The minimum Gasteiger partial charge on any atom is -0.391 e. The second kappa shape index (κ2) is 6.42. The van der Waals surface area contributed by atoms with Gasteiger partial charge < -0.3 is 9.63 Å². The topological polar surface area (TPSA) is 46.3 Å². The Hall–Kier alpha value is -1.03. The zero-order valence-corrected chi connectivity index (χ0v) is 11.9. The van der Waals surface area contributed by atoms with Crippen LogP contribution in [0.25, 0.3) is 5.57 Å². The lowest BCUT2D eigenvalue weighted by Crippen LogP contribution is -1.96. The highest BCUT2D eigenvalue weighted by molar-refractivity contribution is 6.36. The van der Waals surface area contributed by atoms with Crippen molar-refractivity contribution in [3.8, 4) is 0 Å². The van der Waals surface area contributed by atoms with E-state index in [1.54, 1.807) is 18.2 Å². The van der Waals surface area contributed by atoms with Crippen molar-refractivity contribution in [2.45, 2.75) is 25.4 Å². The van der Waals surface area contributed by atoms with Gasteiger partial charge in [0.1, 0.15) is 11.5 Å². The van der Waals surface area contributed by atoms with E-state index in [9.17, 15) is 5.11 Å². The summed E-state index contributed by atoms with van der Waals surface area (Å²) in [5.74, 6) is 1.34. The molecule has 0 amide bonds. The second-order valence-corrected chi connectivity index (χ2v) is 5.04. The van der Waals surface area contributed by atoms with Gasteiger partial charge in [0.05, 0.1) is 12.5 Å². The van der Waals surface area contributed by atoms with E-state index in [0.29, 0.717) is 27.8 Å². The molecule has 0 spiro atoms. The maximum Gasteiger partial charge on any atom is 0.145 e. The Morgan fingerprint density at radius 1 is 1.53 bits per heavy atom. The molecule has 0 radical (unpaired) electrons. The summed E-state index contributed by atoms with van der Waals surface area (Å²) >= 11 is 12.1. The fraction of sp³-hybridized carbons (Fsp3) is 0.357. The smallest absolute Gasteiger partial charge is 0.145 e. The number of aromatic nitrogens is 1. The summed E-state index contributed by atoms with van der Waals surface area (Å²) in [6.07, 6.45) is 7.19. The van der Waals surface area contributed by atoms with E-state index in [-0.39, 0.29) is 12.5 Å². The van der Waals surface area contributed by atoms with E-state index in [1.807, 2.05) is 0 Å². The Balaban J connectivity index is 2.43. The highest BCUT2D eigenvalue weighted by Crippen LogP contribution is 2.43. The summed E-state index contributed by atoms with van der Waals surface area (Å²) in [6.45, 7) is 3.46. The van der Waals surface area contributed by atoms with E-state index in [4.69, 9.17) is 27.7 Å². The summed E-state index contributed by atoms with van der Waals surface area (Å²) in [5, 5.41) is 14.0. The van der Waals surface area contributed by atoms with Gasteiger partial charge in [0.15, 0.2) is 0 Å². The molecule has 2 rings (SSSR count). The summed E-state index contributed by atoms with van der Waals surface area (Å²) < 4.78 is 5.34. The van der Waals surface area contributed by atoms with Crippen molar-refractivity contribution < 1.29 is 9.63 Å². The number of alkyl halides is 1. The van der Waals surface area contributed by atoms with Crippen LogP contribution in [0.5, 0.6) is 0 Å². The molecule has 0 unspecified atom stereocenters. The van der Waals surface area contributed by atoms with Crippen LogP contribution in [0.4, 0.5) is 0 Å². The number of hydrogen-bond acceptors (Lipinski definition) is 3. The maximum absolute atomic E-state index is 9.52. The van der Waals surface area contributed by atoms with Gasteiger partial charge in [0.2, 0.25) is 0 Å². The molecule has 1 fully saturated rings. The van der Waals surface area contributed by atoms with Crippen molar-refractivity contribution in [1.82, 2.24) is 5.16 Å². The van der Waals surface area contributed by atoms with Crippen molar-refractivity contribution in [3.05, 3.63) is 46.9 Å². The first-order valence-electron chi connectivity index (χ1n) is 6.06. The van der Waals surface area contributed by atoms with Gasteiger partial charge in [-0.3, -0.25) is 0 Å². The number of aliphatic hydroxyl groups excluding tert-OH is 1. The van der Waals surface area contributed by atoms with E-state index >= 15 is 0 Å². The Labute approximate surface area is 122 Å². The number of nitrogens with zero attached hydrogens (tertiary/aromatic N) is 1. The Morgan fingerprint density at radius 2 is 2.26 bits per heavy atom. The molecule has 102 valence electrons. The van der Waals surface area contributed by atoms with E-state index in [2.05, 4.69) is 11.7 Å². The molecule has 1 N–H and O–H groups in total. The molecule has 0 saturated heterocycles. The first kappa shape index (κ1) is 14.4. The molecule has 5 heteroatoms. The van der Waals surface area contributed by atoms with Gasteiger partial charge >= 0.3 is 0 Å². The van der Waals surface area contributed by atoms with Gasteiger partial charge in [-0.25, -0.2) is 0 Å². The van der Waals surface area contributed by atoms with Gasteiger partial charge in [-0.05, 0) is 18.9 Å². The average Bonchev–Trinajstić information content (AvgIpc) is 3.18. The van der Waals surface area contributed by atoms with Crippen LogP contribution in [0.15, 0.2) is 34.4 Å². The maximum atomic E-state index is 9.52. The molecule has 1 aliphatic rings. The van der Waals surface area contributed by atoms with Crippen LogP contribution in [0, 0.1) is 0 Å². The normalized spacial score (nSPS) is 16.8. The Kier molecular flexibility index (Phi) is 4.86. The number of allylic oxidation sites excluding steroid dienone is 5. The molecular weight excluding hydrogens is 285 g/mol. The third kappa shape index (κ3) is 3.11. The van der Waals surface area contributed by atoms with Crippen molar-refractivity contribution in [1.29, 1.82) is 0 Å². The average molecular weight is 300 g/mol. The first-order chi connectivity index (χ1) is 9.22. The van der Waals surface area contributed by atoms with Crippen LogP contribution in [0.3, 0.4) is 0 Å². The van der Waals surface area contributed by atoms with Gasteiger partial charge in [0.25, 0.3) is 0 Å². The monoisotopic (exact) mass is 299 g/mol. The summed E-state index contributed by atoms with van der Waals surface area (Å²) in [6, 6.07) is 0. The number of aliphatic hydroxyl groups is 1. The number of hydrogen-bond donors (Lipinski definition) is 1. The van der Waals surface area contributed by atoms with Crippen molar-refractivity contribution in [2.75, 3.05) is 5.88 Å². The summed E-state index contributed by atoms with van der Waals surface area (Å²) in [5.41, 5.74) is 1.91. The van der Waals surface area contributed by atoms with E-state index in [0.717, 1.165) is 18.6 Å². The van der Waals surface area contributed by atoms with Crippen LogP contribution in [-0.4, -0.2) is 16.1 Å². The van der Waals surface area contributed by atoms with Gasteiger partial charge in [-0.15, -0.1) is 11.6 Å². The van der Waals surface area contributed by atoms with Crippen molar-refractivity contribution in [3.63, 3.8) is 0 Å². The van der Waals surface area contributed by atoms with Crippen LogP contribution in [0.1, 0.15) is 35.8 Å². The fourth-order valence-corrected chi connectivity index (χ4v) is 2.44. The minimum absolute atomic E-state index is 0.125. The number of rotatable bonds is 6. The SMILES string of the molecule is C=CC=CC(Cl)=C(CCl)c1noc(C2CC2)c1CO. The summed E-state index contributed by atoms with van der Waals surface area (Å²) in [7, 11) is 0. The van der Waals surface area contributed by atoms with Crippen LogP contribution in [0.2, 0.25) is 0 Å². The quantitative estimate of drug-likeness (QED) is 0.638. The van der Waals surface area contributed by atoms with E-state index < -0.39 is 0 Å². The Morgan fingerprint density at radius 3 is 2.79 bits per heavy atom. The molecule has 0 bridgehead atoms. The fourth-order valence-electron chi connectivity index (χ4n) is 1.87. The third-order valence-corrected chi connectivity index (χ3v) is 3.63. The summed E-state index contributed by atoms with van der Waals surface area (Å²) in [4.78, 5) is 0. The van der Waals surface area contributed by atoms with Gasteiger partial charge in [-0.1, -0.05) is 35.5 Å². The largest absolute Gasteiger partial charge is 0.391 e. The molecule has 1 saturated carbocycles. The molecule has 0 aromatic carbocycles. The molecule has 1 aromatic heterocycles. The second-order valence-electron chi connectivity index (χ2n) is 4.36. The zero-order chi connectivity index (χ0) is 13.8. The molecule has 0 atom stereocenters. The lowest BCUT2D eigenvalue weighted by atomic mass is 10.1. The van der Waals surface area contributed by atoms with Gasteiger partial charge in [0, 0.05) is 22.1 Å². The molecule has 1 heterocycles. The van der Waals surface area contributed by atoms with Crippen LogP contribution >= 0.6 is 23.2 Å². The Bertz CT molecular complexity index is 528. The van der Waals surface area contributed by atoms with Crippen molar-refractivity contribution >= 4 is 28.8 Å². The van der Waals surface area contributed by atoms with E-state index in [1.165, 1.54) is 0 Å². The minimum atomic E-state index is -0.125.